The van der Waals surface area contributed by atoms with Crippen molar-refractivity contribution in [3.05, 3.63) is 0 Å². The number of nitrogens with one attached hydrogen (secondary N) is 1. The topological polar surface area (TPSA) is 15.3 Å². The fraction of sp³-hybridized carbons (Fsp3) is 1.00. The molecule has 1 atom stereocenters. The second kappa shape index (κ2) is 8.53. The van der Waals surface area contributed by atoms with Crippen molar-refractivity contribution in [2.75, 3.05) is 19.6 Å². The van der Waals surface area contributed by atoms with Crippen LogP contribution in [0.4, 0.5) is 0 Å². The summed E-state index contributed by atoms with van der Waals surface area (Å²) in [6.07, 6.45) is 14.0. The molecule has 0 spiro atoms. The maximum Gasteiger partial charge on any atom is 0.0304 e. The van der Waals surface area contributed by atoms with Gasteiger partial charge >= 0.3 is 0 Å². The lowest BCUT2D eigenvalue weighted by molar-refractivity contribution is 0.0605. The van der Waals surface area contributed by atoms with Gasteiger partial charge in [-0.2, -0.15) is 0 Å². The van der Waals surface area contributed by atoms with E-state index in [0.717, 1.165) is 12.0 Å². The molecule has 1 aliphatic heterocycles. The van der Waals surface area contributed by atoms with E-state index in [1.165, 1.54) is 83.8 Å². The van der Waals surface area contributed by atoms with Crippen LogP contribution in [-0.2, 0) is 0 Å². The van der Waals surface area contributed by atoms with E-state index in [4.69, 9.17) is 0 Å². The molecular formula is C19H38N2. The molecule has 21 heavy (non-hydrogen) atoms. The zero-order chi connectivity index (χ0) is 15.1. The lowest BCUT2D eigenvalue weighted by Gasteiger charge is -2.48. The van der Waals surface area contributed by atoms with Crippen LogP contribution in [0.25, 0.3) is 0 Å². The van der Waals surface area contributed by atoms with Gasteiger partial charge in [-0.05, 0) is 44.6 Å². The Hall–Kier alpha value is -0.0800. The number of rotatable bonds is 10. The summed E-state index contributed by atoms with van der Waals surface area (Å²) in [5.41, 5.74) is 0.396. The van der Waals surface area contributed by atoms with Crippen LogP contribution in [0.3, 0.4) is 0 Å². The molecule has 0 amide bonds. The molecule has 1 unspecified atom stereocenters. The van der Waals surface area contributed by atoms with Gasteiger partial charge in [0.05, 0.1) is 0 Å². The highest BCUT2D eigenvalue weighted by molar-refractivity contribution is 5.01. The van der Waals surface area contributed by atoms with Crippen molar-refractivity contribution in [3.8, 4) is 0 Å². The van der Waals surface area contributed by atoms with E-state index in [0.29, 0.717) is 5.54 Å². The first kappa shape index (κ1) is 17.3. The van der Waals surface area contributed by atoms with Gasteiger partial charge in [0.25, 0.3) is 0 Å². The van der Waals surface area contributed by atoms with E-state index in [1.54, 1.807) is 0 Å². The lowest BCUT2D eigenvalue weighted by atomic mass is 9.87. The van der Waals surface area contributed by atoms with Crippen LogP contribution in [0.15, 0.2) is 0 Å². The SMILES string of the molecule is CCCCCCCCN1CC(CC)(CC)NCC1C1CC1. The third kappa shape index (κ3) is 4.96. The Morgan fingerprint density at radius 1 is 0.952 bits per heavy atom. The fourth-order valence-electron chi connectivity index (χ4n) is 4.02. The summed E-state index contributed by atoms with van der Waals surface area (Å²) in [4.78, 5) is 2.86. The Kier molecular flexibility index (Phi) is 7.01. The Morgan fingerprint density at radius 2 is 1.62 bits per heavy atom. The summed E-state index contributed by atoms with van der Waals surface area (Å²) in [6.45, 7) is 10.9. The number of hydrogen-bond donors (Lipinski definition) is 1. The molecule has 0 aromatic carbocycles. The summed E-state index contributed by atoms with van der Waals surface area (Å²) in [6, 6.07) is 0.840. The first-order valence-corrected chi connectivity index (χ1v) is 9.73. The summed E-state index contributed by atoms with van der Waals surface area (Å²) in [5.74, 6) is 1.00. The monoisotopic (exact) mass is 294 g/mol. The largest absolute Gasteiger partial charge is 0.308 e. The molecule has 2 nitrogen and oxygen atoms in total. The van der Waals surface area contributed by atoms with Crippen LogP contribution < -0.4 is 5.32 Å². The fourth-order valence-corrected chi connectivity index (χ4v) is 4.02. The molecule has 1 saturated carbocycles. The van der Waals surface area contributed by atoms with Gasteiger partial charge in [0.1, 0.15) is 0 Å². The predicted molar refractivity (Wildman–Crippen MR) is 92.8 cm³/mol. The summed E-state index contributed by atoms with van der Waals surface area (Å²) >= 11 is 0. The molecule has 1 aliphatic carbocycles. The minimum Gasteiger partial charge on any atom is -0.308 e. The Balaban J connectivity index is 1.77. The average Bonchev–Trinajstić information content (AvgIpc) is 3.35. The highest BCUT2D eigenvalue weighted by Crippen LogP contribution is 2.38. The van der Waals surface area contributed by atoms with Crippen LogP contribution in [0.5, 0.6) is 0 Å². The summed E-state index contributed by atoms with van der Waals surface area (Å²) in [5, 5.41) is 3.91. The van der Waals surface area contributed by atoms with Gasteiger partial charge in [0.15, 0.2) is 0 Å². The number of piperazine rings is 1. The number of nitrogens with zero attached hydrogens (tertiary/aromatic N) is 1. The van der Waals surface area contributed by atoms with E-state index in [-0.39, 0.29) is 0 Å². The molecule has 1 N–H and O–H groups in total. The number of hydrogen-bond acceptors (Lipinski definition) is 2. The molecule has 0 aromatic rings. The smallest absolute Gasteiger partial charge is 0.0304 e. The summed E-state index contributed by atoms with van der Waals surface area (Å²) in [7, 11) is 0. The minimum atomic E-state index is 0.396. The van der Waals surface area contributed by atoms with Crippen LogP contribution in [0.2, 0.25) is 0 Å². The molecule has 0 aromatic heterocycles. The molecule has 2 fully saturated rings. The Bertz CT molecular complexity index is 281. The molecule has 1 heterocycles. The first-order chi connectivity index (χ1) is 10.2. The van der Waals surface area contributed by atoms with E-state index in [2.05, 4.69) is 31.0 Å². The van der Waals surface area contributed by atoms with Gasteiger partial charge in [0, 0.05) is 24.7 Å². The van der Waals surface area contributed by atoms with Gasteiger partial charge in [-0.3, -0.25) is 4.90 Å². The Morgan fingerprint density at radius 3 is 2.24 bits per heavy atom. The van der Waals surface area contributed by atoms with E-state index < -0.39 is 0 Å². The van der Waals surface area contributed by atoms with Gasteiger partial charge in [0.2, 0.25) is 0 Å². The molecule has 2 heteroatoms. The zero-order valence-electron chi connectivity index (χ0n) is 14.8. The molecule has 2 aliphatic rings. The van der Waals surface area contributed by atoms with E-state index in [9.17, 15) is 0 Å². The minimum absolute atomic E-state index is 0.396. The maximum atomic E-state index is 3.91. The van der Waals surface area contributed by atoms with Crippen LogP contribution >= 0.6 is 0 Å². The van der Waals surface area contributed by atoms with Gasteiger partial charge in [-0.1, -0.05) is 52.9 Å². The third-order valence-electron chi connectivity index (χ3n) is 5.98. The van der Waals surface area contributed by atoms with Crippen molar-refractivity contribution >= 4 is 0 Å². The molecule has 0 bridgehead atoms. The van der Waals surface area contributed by atoms with Crippen molar-refractivity contribution in [3.63, 3.8) is 0 Å². The molecular weight excluding hydrogens is 256 g/mol. The maximum absolute atomic E-state index is 3.91. The van der Waals surface area contributed by atoms with Gasteiger partial charge in [-0.25, -0.2) is 0 Å². The van der Waals surface area contributed by atoms with Crippen molar-refractivity contribution in [1.29, 1.82) is 0 Å². The second-order valence-electron chi connectivity index (χ2n) is 7.51. The van der Waals surface area contributed by atoms with E-state index >= 15 is 0 Å². The average molecular weight is 295 g/mol. The molecule has 1 saturated heterocycles. The highest BCUT2D eigenvalue weighted by Gasteiger charge is 2.42. The van der Waals surface area contributed by atoms with Crippen molar-refractivity contribution < 1.29 is 0 Å². The lowest BCUT2D eigenvalue weighted by Crippen LogP contribution is -2.64. The van der Waals surface area contributed by atoms with Crippen LogP contribution in [0.1, 0.15) is 85.0 Å². The second-order valence-corrected chi connectivity index (χ2v) is 7.51. The normalized spacial score (nSPS) is 26.1. The predicted octanol–water partition coefficient (Wildman–Crippen LogP) is 4.59. The zero-order valence-corrected chi connectivity index (χ0v) is 14.8. The molecule has 124 valence electrons. The Labute approximate surface area is 133 Å². The third-order valence-corrected chi connectivity index (χ3v) is 5.98. The van der Waals surface area contributed by atoms with Gasteiger partial charge < -0.3 is 5.32 Å². The van der Waals surface area contributed by atoms with Gasteiger partial charge in [-0.15, -0.1) is 0 Å². The van der Waals surface area contributed by atoms with Crippen LogP contribution in [-0.4, -0.2) is 36.1 Å². The first-order valence-electron chi connectivity index (χ1n) is 9.73. The highest BCUT2D eigenvalue weighted by atomic mass is 15.3. The summed E-state index contributed by atoms with van der Waals surface area (Å²) < 4.78 is 0. The van der Waals surface area contributed by atoms with Crippen LogP contribution in [0, 0.1) is 5.92 Å². The quantitative estimate of drug-likeness (QED) is 0.593. The molecule has 0 radical (unpaired) electrons. The van der Waals surface area contributed by atoms with E-state index in [1.807, 2.05) is 0 Å². The van der Waals surface area contributed by atoms with Crippen molar-refractivity contribution in [2.45, 2.75) is 96.6 Å². The van der Waals surface area contributed by atoms with Crippen molar-refractivity contribution in [1.82, 2.24) is 10.2 Å². The number of unbranched alkanes of at least 4 members (excludes halogenated alkanes) is 5. The standard InChI is InChI=1S/C19H38N2/c1-4-7-8-9-10-11-14-21-16-19(5-2,6-3)20-15-18(21)17-12-13-17/h17-18,20H,4-16H2,1-3H3. The van der Waals surface area contributed by atoms with Crippen molar-refractivity contribution in [2.24, 2.45) is 5.92 Å². The molecule has 2 rings (SSSR count).